The van der Waals surface area contributed by atoms with E-state index in [0.29, 0.717) is 12.0 Å². The molecule has 114 valence electrons. The summed E-state index contributed by atoms with van der Waals surface area (Å²) in [5.74, 6) is -1.29. The fraction of sp³-hybridized carbons (Fsp3) is 0.235. The number of carbonyl (C=O) groups is 1. The van der Waals surface area contributed by atoms with Gasteiger partial charge in [-0.1, -0.05) is 65.2 Å². The Hall–Kier alpha value is -2.03. The van der Waals surface area contributed by atoms with E-state index in [1.165, 1.54) is 0 Å². The van der Waals surface area contributed by atoms with Crippen molar-refractivity contribution < 1.29 is 19.4 Å². The van der Waals surface area contributed by atoms with Gasteiger partial charge in [0.25, 0.3) is 5.16 Å². The van der Waals surface area contributed by atoms with Crippen molar-refractivity contribution in [3.8, 4) is 0 Å². The first kappa shape index (κ1) is 16.3. The predicted octanol–water partition coefficient (Wildman–Crippen LogP) is 2.79. The van der Waals surface area contributed by atoms with Crippen molar-refractivity contribution in [2.75, 3.05) is 0 Å². The molecule has 0 aromatic heterocycles. The van der Waals surface area contributed by atoms with Gasteiger partial charge in [-0.3, -0.25) is 0 Å². The van der Waals surface area contributed by atoms with Crippen molar-refractivity contribution in [2.24, 2.45) is 0 Å². The quantitative estimate of drug-likeness (QED) is 0.797. The average Bonchev–Trinajstić information content (AvgIpc) is 2.53. The molecule has 1 N–H and O–H groups in total. The molecule has 2 unspecified atom stereocenters. The van der Waals surface area contributed by atoms with Crippen LogP contribution in [-0.4, -0.2) is 16.2 Å². The highest BCUT2D eigenvalue weighted by atomic mass is 31.1. The predicted molar refractivity (Wildman–Crippen MR) is 82.9 cm³/mol. The molecule has 0 aliphatic heterocycles. The molecule has 0 fully saturated rings. The number of aryl methyl sites for hydroxylation is 1. The number of carboxylic acid groups (broad SMARTS) is 1. The molecule has 5 heteroatoms. The number of aliphatic carboxylic acids is 1. The summed E-state index contributed by atoms with van der Waals surface area (Å²) in [7, 11) is -3.11. The van der Waals surface area contributed by atoms with Crippen LogP contribution in [0.5, 0.6) is 0 Å². The van der Waals surface area contributed by atoms with Gasteiger partial charge in [-0.2, -0.15) is 0 Å². The fourth-order valence-electron chi connectivity index (χ4n) is 2.43. The Bertz CT molecular complexity index is 626. The topological polar surface area (TPSA) is 77.4 Å². The second-order valence-corrected chi connectivity index (χ2v) is 6.61. The standard InChI is InChI=1S/C17H17O4P/c18-16(19)17(22(20)21,13-15-9-5-2-6-10-15)12-11-14-7-3-1-4-8-14/h1-10H,11-13H2,(H,18,19). The lowest BCUT2D eigenvalue weighted by atomic mass is 9.92. The molecular weight excluding hydrogens is 299 g/mol. The number of hydrogen-bond donors (Lipinski definition) is 1. The molecule has 2 aromatic carbocycles. The van der Waals surface area contributed by atoms with Crippen LogP contribution in [-0.2, 0) is 22.2 Å². The maximum Gasteiger partial charge on any atom is 0.359 e. The Labute approximate surface area is 130 Å². The van der Waals surface area contributed by atoms with E-state index in [9.17, 15) is 19.4 Å². The van der Waals surface area contributed by atoms with Crippen LogP contribution in [0.25, 0.3) is 0 Å². The van der Waals surface area contributed by atoms with Gasteiger partial charge in [0.1, 0.15) is 0 Å². The number of rotatable bonds is 7. The summed E-state index contributed by atoms with van der Waals surface area (Å²) in [6, 6.07) is 18.2. The van der Waals surface area contributed by atoms with Crippen LogP contribution in [0.2, 0.25) is 0 Å². The maximum absolute atomic E-state index is 11.7. The highest BCUT2D eigenvalue weighted by Gasteiger charge is 2.51. The first-order valence-electron chi connectivity index (χ1n) is 7.00. The zero-order chi connectivity index (χ0) is 16.0. The van der Waals surface area contributed by atoms with Gasteiger partial charge in [0.15, 0.2) is 0 Å². The highest BCUT2D eigenvalue weighted by Crippen LogP contribution is 2.39. The summed E-state index contributed by atoms with van der Waals surface area (Å²) in [6.45, 7) is 0. The SMILES string of the molecule is O=C(O)C(CCc1ccccc1)(Cc1ccccc1)[P+](=O)[O-]. The zero-order valence-corrected chi connectivity index (χ0v) is 12.9. The van der Waals surface area contributed by atoms with E-state index in [1.54, 1.807) is 24.3 Å². The van der Waals surface area contributed by atoms with E-state index in [0.717, 1.165) is 5.56 Å². The molecular formula is C17H17O4P. The Morgan fingerprint density at radius 3 is 1.95 bits per heavy atom. The van der Waals surface area contributed by atoms with Gasteiger partial charge in [-0.25, -0.2) is 4.79 Å². The van der Waals surface area contributed by atoms with Crippen molar-refractivity contribution in [3.63, 3.8) is 0 Å². The molecule has 0 radical (unpaired) electrons. The molecule has 22 heavy (non-hydrogen) atoms. The maximum atomic E-state index is 11.7. The molecule has 0 bridgehead atoms. The van der Waals surface area contributed by atoms with Crippen LogP contribution in [0.4, 0.5) is 0 Å². The monoisotopic (exact) mass is 316 g/mol. The first-order valence-corrected chi connectivity index (χ1v) is 8.18. The highest BCUT2D eigenvalue weighted by molar-refractivity contribution is 7.40. The normalized spacial score (nSPS) is 14.1. The second kappa shape index (κ2) is 7.30. The minimum absolute atomic E-state index is 0.0191. The molecule has 0 saturated carbocycles. The Balaban J connectivity index is 2.25. The van der Waals surface area contributed by atoms with Crippen molar-refractivity contribution in [3.05, 3.63) is 71.8 Å². The number of carboxylic acids is 1. The van der Waals surface area contributed by atoms with E-state index in [2.05, 4.69) is 0 Å². The van der Waals surface area contributed by atoms with Gasteiger partial charge >= 0.3 is 14.0 Å². The van der Waals surface area contributed by atoms with Crippen molar-refractivity contribution in [2.45, 2.75) is 24.4 Å². The summed E-state index contributed by atoms with van der Waals surface area (Å²) in [5, 5.41) is 7.78. The van der Waals surface area contributed by atoms with E-state index in [4.69, 9.17) is 0 Å². The van der Waals surface area contributed by atoms with Gasteiger partial charge in [0, 0.05) is 12.8 Å². The van der Waals surface area contributed by atoms with Gasteiger partial charge in [0.2, 0.25) is 0 Å². The average molecular weight is 316 g/mol. The molecule has 0 aliphatic carbocycles. The zero-order valence-electron chi connectivity index (χ0n) is 12.0. The Morgan fingerprint density at radius 2 is 1.50 bits per heavy atom. The van der Waals surface area contributed by atoms with Gasteiger partial charge in [-0.15, -0.1) is 0 Å². The molecule has 0 spiro atoms. The van der Waals surface area contributed by atoms with Crippen molar-refractivity contribution in [1.82, 2.24) is 0 Å². The lowest BCUT2D eigenvalue weighted by Gasteiger charge is -2.21. The summed E-state index contributed by atoms with van der Waals surface area (Å²) in [5.41, 5.74) is 1.63. The third-order valence-corrected chi connectivity index (χ3v) is 5.03. The molecule has 0 aliphatic rings. The minimum atomic E-state index is -3.11. The molecule has 2 rings (SSSR count). The van der Waals surface area contributed by atoms with E-state index >= 15 is 0 Å². The summed E-state index contributed by atoms with van der Waals surface area (Å²) < 4.78 is 11.7. The number of benzene rings is 2. The van der Waals surface area contributed by atoms with E-state index < -0.39 is 19.2 Å². The largest absolute Gasteiger partial charge is 0.595 e. The third-order valence-electron chi connectivity index (χ3n) is 3.76. The van der Waals surface area contributed by atoms with Crippen LogP contribution >= 0.6 is 8.03 Å². The molecule has 2 aromatic rings. The van der Waals surface area contributed by atoms with Gasteiger partial charge < -0.3 is 10.00 Å². The van der Waals surface area contributed by atoms with Crippen molar-refractivity contribution in [1.29, 1.82) is 0 Å². The van der Waals surface area contributed by atoms with E-state index in [-0.39, 0.29) is 12.8 Å². The number of hydrogen-bond acceptors (Lipinski definition) is 3. The van der Waals surface area contributed by atoms with E-state index in [1.807, 2.05) is 36.4 Å². The first-order chi connectivity index (χ1) is 10.5. The van der Waals surface area contributed by atoms with Gasteiger partial charge in [-0.05, 0) is 17.5 Å². The summed E-state index contributed by atoms with van der Waals surface area (Å²) >= 11 is 0. The fourth-order valence-corrected chi connectivity index (χ4v) is 3.20. The van der Waals surface area contributed by atoms with Crippen LogP contribution in [0.3, 0.4) is 0 Å². The molecule has 0 amide bonds. The third kappa shape index (κ3) is 3.79. The minimum Gasteiger partial charge on any atom is -0.595 e. The summed E-state index contributed by atoms with van der Waals surface area (Å²) in [6.07, 6.45) is 0.442. The van der Waals surface area contributed by atoms with Gasteiger partial charge in [0.05, 0.1) is 0 Å². The Morgan fingerprint density at radius 1 is 1.00 bits per heavy atom. The smallest absolute Gasteiger partial charge is 0.359 e. The van der Waals surface area contributed by atoms with Crippen LogP contribution in [0, 0.1) is 0 Å². The lowest BCUT2D eigenvalue weighted by Crippen LogP contribution is -2.40. The Kier molecular flexibility index (Phi) is 5.42. The molecule has 2 atom stereocenters. The molecule has 0 saturated heterocycles. The lowest BCUT2D eigenvalue weighted by molar-refractivity contribution is -0.173. The molecule has 0 heterocycles. The second-order valence-electron chi connectivity index (χ2n) is 5.24. The van der Waals surface area contributed by atoms with Crippen molar-refractivity contribution >= 4 is 14.0 Å². The van der Waals surface area contributed by atoms with Crippen LogP contribution in [0.1, 0.15) is 17.5 Å². The molecule has 4 nitrogen and oxygen atoms in total. The van der Waals surface area contributed by atoms with Crippen LogP contribution < -0.4 is 4.89 Å². The summed E-state index contributed by atoms with van der Waals surface area (Å²) in [4.78, 5) is 23.4. The van der Waals surface area contributed by atoms with Crippen LogP contribution in [0.15, 0.2) is 60.7 Å².